The zero-order chi connectivity index (χ0) is 21.6. The minimum Gasteiger partial charge on any atom is -0.491 e. The molecule has 3 aromatic rings. The van der Waals surface area contributed by atoms with Crippen LogP contribution in [0.4, 0.5) is 0 Å². The Kier molecular flexibility index (Phi) is 6.68. The first kappa shape index (κ1) is 21.1. The van der Waals surface area contributed by atoms with Gasteiger partial charge in [0.1, 0.15) is 12.4 Å². The van der Waals surface area contributed by atoms with Gasteiger partial charge in [0.25, 0.3) is 5.91 Å². The van der Waals surface area contributed by atoms with Crippen molar-refractivity contribution in [1.82, 2.24) is 10.2 Å². The molecule has 0 aliphatic carbocycles. The third kappa shape index (κ3) is 5.53. The van der Waals surface area contributed by atoms with E-state index in [9.17, 15) is 4.79 Å². The van der Waals surface area contributed by atoms with Gasteiger partial charge in [-0.1, -0.05) is 54.6 Å². The summed E-state index contributed by atoms with van der Waals surface area (Å²) >= 11 is 0. The molecule has 1 atom stereocenters. The molecule has 0 saturated heterocycles. The van der Waals surface area contributed by atoms with Crippen molar-refractivity contribution in [1.29, 1.82) is 0 Å². The number of amides is 1. The number of benzene rings is 3. The standard InChI is InChI=1S/C27H30N2O2/c1-20-7-3-6-10-26(20)31-19-21(2)28-27(30)24-13-11-22(12-14-24)17-29-16-15-23-8-4-5-9-25(23)18-29/h3-14,21H,15-19H2,1-2H3,(H,28,30)/t21-/m1/s1. The molecule has 0 unspecified atom stereocenters. The predicted molar refractivity (Wildman–Crippen MR) is 124 cm³/mol. The minimum atomic E-state index is -0.0831. The first-order chi connectivity index (χ1) is 15.1. The van der Waals surface area contributed by atoms with Crippen molar-refractivity contribution >= 4 is 5.91 Å². The monoisotopic (exact) mass is 414 g/mol. The maximum atomic E-state index is 12.6. The zero-order valence-electron chi connectivity index (χ0n) is 18.3. The summed E-state index contributed by atoms with van der Waals surface area (Å²) in [5, 5.41) is 3.02. The van der Waals surface area contributed by atoms with Crippen LogP contribution in [0.5, 0.6) is 5.75 Å². The summed E-state index contributed by atoms with van der Waals surface area (Å²) < 4.78 is 5.84. The second-order valence-electron chi connectivity index (χ2n) is 8.38. The van der Waals surface area contributed by atoms with Crippen LogP contribution < -0.4 is 10.1 Å². The largest absolute Gasteiger partial charge is 0.491 e. The van der Waals surface area contributed by atoms with Gasteiger partial charge in [0.2, 0.25) is 0 Å². The lowest BCUT2D eigenvalue weighted by atomic mass is 9.99. The summed E-state index contributed by atoms with van der Waals surface area (Å²) in [6.45, 7) is 7.36. The molecule has 1 N–H and O–H groups in total. The van der Waals surface area contributed by atoms with Crippen molar-refractivity contribution in [2.45, 2.75) is 39.4 Å². The maximum Gasteiger partial charge on any atom is 0.251 e. The van der Waals surface area contributed by atoms with Crippen molar-refractivity contribution in [2.75, 3.05) is 13.2 Å². The highest BCUT2D eigenvalue weighted by molar-refractivity contribution is 5.94. The summed E-state index contributed by atoms with van der Waals surface area (Å²) in [6, 6.07) is 24.5. The molecule has 1 aliphatic rings. The molecule has 4 nitrogen and oxygen atoms in total. The van der Waals surface area contributed by atoms with Crippen LogP contribution in [0.15, 0.2) is 72.8 Å². The number of nitrogens with zero attached hydrogens (tertiary/aromatic N) is 1. The molecule has 0 radical (unpaired) electrons. The third-order valence-corrected chi connectivity index (χ3v) is 5.79. The van der Waals surface area contributed by atoms with Gasteiger partial charge in [-0.2, -0.15) is 0 Å². The second-order valence-corrected chi connectivity index (χ2v) is 8.38. The molecule has 0 aromatic heterocycles. The first-order valence-electron chi connectivity index (χ1n) is 11.0. The number of hydrogen-bond acceptors (Lipinski definition) is 3. The highest BCUT2D eigenvalue weighted by Crippen LogP contribution is 2.20. The van der Waals surface area contributed by atoms with Crippen molar-refractivity contribution in [2.24, 2.45) is 0 Å². The molecule has 0 saturated carbocycles. The third-order valence-electron chi connectivity index (χ3n) is 5.79. The number of para-hydroxylation sites is 1. The molecule has 31 heavy (non-hydrogen) atoms. The summed E-state index contributed by atoms with van der Waals surface area (Å²) in [4.78, 5) is 15.1. The quantitative estimate of drug-likeness (QED) is 0.607. The second kappa shape index (κ2) is 9.80. The maximum absolute atomic E-state index is 12.6. The van der Waals surface area contributed by atoms with E-state index in [2.05, 4.69) is 46.6 Å². The molecule has 1 aliphatic heterocycles. The van der Waals surface area contributed by atoms with E-state index >= 15 is 0 Å². The average Bonchev–Trinajstić information content (AvgIpc) is 2.79. The van der Waals surface area contributed by atoms with Crippen LogP contribution in [-0.2, 0) is 19.5 Å². The fourth-order valence-corrected chi connectivity index (χ4v) is 3.99. The highest BCUT2D eigenvalue weighted by atomic mass is 16.5. The number of hydrogen-bond donors (Lipinski definition) is 1. The van der Waals surface area contributed by atoms with E-state index in [1.165, 1.54) is 16.7 Å². The van der Waals surface area contributed by atoms with Crippen molar-refractivity contribution in [3.8, 4) is 5.75 Å². The van der Waals surface area contributed by atoms with E-state index in [0.29, 0.717) is 12.2 Å². The van der Waals surface area contributed by atoms with Gasteiger partial charge in [-0.15, -0.1) is 0 Å². The van der Waals surface area contributed by atoms with Gasteiger partial charge in [-0.05, 0) is 60.7 Å². The lowest BCUT2D eigenvalue weighted by Crippen LogP contribution is -2.36. The van der Waals surface area contributed by atoms with Crippen LogP contribution in [0.1, 0.15) is 39.5 Å². The van der Waals surface area contributed by atoms with E-state index in [1.807, 2.05) is 50.2 Å². The molecule has 1 heterocycles. The summed E-state index contributed by atoms with van der Waals surface area (Å²) in [5.74, 6) is 0.785. The molecule has 0 spiro atoms. The Morgan fingerprint density at radius 1 is 1.00 bits per heavy atom. The highest BCUT2D eigenvalue weighted by Gasteiger charge is 2.16. The lowest BCUT2D eigenvalue weighted by Gasteiger charge is -2.28. The number of ether oxygens (including phenoxy) is 1. The van der Waals surface area contributed by atoms with E-state index in [4.69, 9.17) is 4.74 Å². The van der Waals surface area contributed by atoms with Crippen LogP contribution in [0.2, 0.25) is 0 Å². The molecule has 0 fully saturated rings. The molecule has 3 aromatic carbocycles. The molecular formula is C27H30N2O2. The van der Waals surface area contributed by atoms with Crippen molar-refractivity contribution < 1.29 is 9.53 Å². The Morgan fingerprint density at radius 3 is 2.48 bits per heavy atom. The fourth-order valence-electron chi connectivity index (χ4n) is 3.99. The van der Waals surface area contributed by atoms with Gasteiger partial charge >= 0.3 is 0 Å². The number of rotatable bonds is 7. The Balaban J connectivity index is 1.27. The van der Waals surface area contributed by atoms with E-state index < -0.39 is 0 Å². The zero-order valence-corrected chi connectivity index (χ0v) is 18.3. The Hall–Kier alpha value is -3.11. The summed E-state index contributed by atoms with van der Waals surface area (Å²) in [5.41, 5.74) is 5.88. The number of carbonyl (C=O) groups excluding carboxylic acids is 1. The first-order valence-corrected chi connectivity index (χ1v) is 11.0. The number of carbonyl (C=O) groups is 1. The average molecular weight is 415 g/mol. The van der Waals surface area contributed by atoms with E-state index in [0.717, 1.165) is 37.4 Å². The Morgan fingerprint density at radius 2 is 1.71 bits per heavy atom. The van der Waals surface area contributed by atoms with Crippen molar-refractivity contribution in [3.05, 3.63) is 101 Å². The Bertz CT molecular complexity index is 1030. The number of nitrogens with one attached hydrogen (secondary N) is 1. The van der Waals surface area contributed by atoms with Gasteiger partial charge in [0, 0.05) is 25.2 Å². The van der Waals surface area contributed by atoms with Gasteiger partial charge in [0.15, 0.2) is 0 Å². The number of fused-ring (bicyclic) bond motifs is 1. The normalized spacial score (nSPS) is 14.5. The molecule has 0 bridgehead atoms. The molecule has 160 valence electrons. The molecule has 4 rings (SSSR count). The smallest absolute Gasteiger partial charge is 0.251 e. The van der Waals surface area contributed by atoms with Crippen LogP contribution in [0, 0.1) is 6.92 Å². The topological polar surface area (TPSA) is 41.6 Å². The van der Waals surface area contributed by atoms with Gasteiger partial charge < -0.3 is 10.1 Å². The van der Waals surface area contributed by atoms with Crippen LogP contribution in [0.25, 0.3) is 0 Å². The van der Waals surface area contributed by atoms with Crippen LogP contribution >= 0.6 is 0 Å². The number of aryl methyl sites for hydroxylation is 1. The minimum absolute atomic E-state index is 0.0701. The predicted octanol–water partition coefficient (Wildman–Crippen LogP) is 4.75. The fraction of sp³-hybridized carbons (Fsp3) is 0.296. The Labute approximate surface area is 184 Å². The van der Waals surface area contributed by atoms with Crippen molar-refractivity contribution in [3.63, 3.8) is 0 Å². The molecule has 4 heteroatoms. The van der Waals surface area contributed by atoms with E-state index in [1.54, 1.807) is 0 Å². The lowest BCUT2D eigenvalue weighted by molar-refractivity contribution is 0.0926. The molecule has 1 amide bonds. The van der Waals surface area contributed by atoms with Gasteiger partial charge in [0.05, 0.1) is 6.04 Å². The van der Waals surface area contributed by atoms with Gasteiger partial charge in [-0.25, -0.2) is 0 Å². The summed E-state index contributed by atoms with van der Waals surface area (Å²) in [6.07, 6.45) is 1.10. The van der Waals surface area contributed by atoms with Gasteiger partial charge in [-0.3, -0.25) is 9.69 Å². The summed E-state index contributed by atoms with van der Waals surface area (Å²) in [7, 11) is 0. The van der Waals surface area contributed by atoms with Crippen LogP contribution in [-0.4, -0.2) is 30.0 Å². The van der Waals surface area contributed by atoms with E-state index in [-0.39, 0.29) is 11.9 Å². The molecular weight excluding hydrogens is 384 g/mol. The SMILES string of the molecule is Cc1ccccc1OC[C@@H](C)NC(=O)c1ccc(CN2CCc3ccccc3C2)cc1. The van der Waals surface area contributed by atoms with Crippen LogP contribution in [0.3, 0.4) is 0 Å².